The summed E-state index contributed by atoms with van der Waals surface area (Å²) in [6.07, 6.45) is 7.59. The van der Waals surface area contributed by atoms with E-state index in [0.29, 0.717) is 0 Å². The number of rotatable bonds is 6. The van der Waals surface area contributed by atoms with Crippen LogP contribution in [0, 0.1) is 5.92 Å². The maximum Gasteiger partial charge on any atom is 0.325 e. The number of carbonyl (C=O) groups is 3. The number of hydrogen-bond acceptors (Lipinski definition) is 3. The van der Waals surface area contributed by atoms with E-state index in [-0.39, 0.29) is 30.4 Å². The summed E-state index contributed by atoms with van der Waals surface area (Å²) in [6.45, 7) is 3.78. The molecular formula is C27H33N3O3. The Hall–Kier alpha value is -2.89. The number of imide groups is 1. The molecule has 1 aliphatic heterocycles. The van der Waals surface area contributed by atoms with Gasteiger partial charge in [0.05, 0.1) is 0 Å². The number of nitrogens with one attached hydrogen (secondary N) is 1. The van der Waals surface area contributed by atoms with Gasteiger partial charge in [-0.2, -0.15) is 0 Å². The Morgan fingerprint density at radius 2 is 1.64 bits per heavy atom. The van der Waals surface area contributed by atoms with Gasteiger partial charge in [0.25, 0.3) is 5.91 Å². The predicted molar refractivity (Wildman–Crippen MR) is 127 cm³/mol. The summed E-state index contributed by atoms with van der Waals surface area (Å²) in [7, 11) is 0. The molecule has 1 heterocycles. The Balaban J connectivity index is 1.33. The van der Waals surface area contributed by atoms with Crippen LogP contribution in [0.25, 0.3) is 10.8 Å². The van der Waals surface area contributed by atoms with E-state index in [9.17, 15) is 14.4 Å². The van der Waals surface area contributed by atoms with E-state index in [4.69, 9.17) is 0 Å². The number of carbonyl (C=O) groups excluding carboxylic acids is 3. The summed E-state index contributed by atoms with van der Waals surface area (Å²) in [5, 5.41) is 4.95. The minimum absolute atomic E-state index is 0.0938. The van der Waals surface area contributed by atoms with E-state index >= 15 is 0 Å². The van der Waals surface area contributed by atoms with Crippen molar-refractivity contribution in [2.45, 2.75) is 76.4 Å². The van der Waals surface area contributed by atoms with Crippen molar-refractivity contribution in [3.63, 3.8) is 0 Å². The molecule has 174 valence electrons. The van der Waals surface area contributed by atoms with Crippen molar-refractivity contribution in [1.82, 2.24) is 15.1 Å². The van der Waals surface area contributed by atoms with Gasteiger partial charge in [0, 0.05) is 12.1 Å². The number of fused-ring (bicyclic) bond motifs is 1. The molecule has 2 aromatic rings. The van der Waals surface area contributed by atoms with Crippen LogP contribution in [0.1, 0.15) is 64.4 Å². The van der Waals surface area contributed by atoms with Crippen LogP contribution in [0.15, 0.2) is 42.5 Å². The fourth-order valence-electron chi connectivity index (χ4n) is 5.64. The molecule has 6 heteroatoms. The summed E-state index contributed by atoms with van der Waals surface area (Å²) in [5.41, 5.74) is -0.447. The summed E-state index contributed by atoms with van der Waals surface area (Å²) < 4.78 is 0. The van der Waals surface area contributed by atoms with Gasteiger partial charge in [-0.3, -0.25) is 14.5 Å². The van der Waals surface area contributed by atoms with E-state index in [1.165, 1.54) is 6.42 Å². The van der Waals surface area contributed by atoms with Crippen LogP contribution in [-0.4, -0.2) is 46.3 Å². The third kappa shape index (κ3) is 4.00. The van der Waals surface area contributed by atoms with Crippen molar-refractivity contribution in [2.24, 2.45) is 5.92 Å². The number of benzene rings is 2. The SMILES string of the molecule is CCC1CCC(N(C(=O)CN2C(=O)NC(C)(c3ccc4ccccc4c3)C2=O)C2CC2)CC1. The van der Waals surface area contributed by atoms with Crippen LogP contribution >= 0.6 is 0 Å². The molecule has 1 atom stereocenters. The zero-order valence-corrected chi connectivity index (χ0v) is 19.5. The lowest BCUT2D eigenvalue weighted by molar-refractivity contribution is -0.141. The van der Waals surface area contributed by atoms with E-state index in [1.807, 2.05) is 47.4 Å². The fraction of sp³-hybridized carbons (Fsp3) is 0.519. The van der Waals surface area contributed by atoms with Gasteiger partial charge in [0.1, 0.15) is 12.1 Å². The largest absolute Gasteiger partial charge is 0.335 e. The molecule has 4 amide bonds. The second kappa shape index (κ2) is 8.47. The van der Waals surface area contributed by atoms with Crippen molar-refractivity contribution >= 4 is 28.6 Å². The monoisotopic (exact) mass is 447 g/mol. The number of urea groups is 1. The van der Waals surface area contributed by atoms with Crippen LogP contribution in [0.2, 0.25) is 0 Å². The van der Waals surface area contributed by atoms with Gasteiger partial charge in [-0.1, -0.05) is 49.7 Å². The van der Waals surface area contributed by atoms with Gasteiger partial charge in [-0.25, -0.2) is 4.79 Å². The van der Waals surface area contributed by atoms with Crippen molar-refractivity contribution in [1.29, 1.82) is 0 Å². The average Bonchev–Trinajstić information content (AvgIpc) is 3.64. The molecular weight excluding hydrogens is 414 g/mol. The number of hydrogen-bond donors (Lipinski definition) is 1. The first-order valence-electron chi connectivity index (χ1n) is 12.3. The maximum atomic E-state index is 13.4. The van der Waals surface area contributed by atoms with Crippen molar-refractivity contribution < 1.29 is 14.4 Å². The second-order valence-corrected chi connectivity index (χ2v) is 10.1. The highest BCUT2D eigenvalue weighted by atomic mass is 16.2. The summed E-state index contributed by atoms with van der Waals surface area (Å²) in [5.74, 6) is 0.302. The Morgan fingerprint density at radius 3 is 2.27 bits per heavy atom. The minimum atomic E-state index is -1.18. The predicted octanol–water partition coefficient (Wildman–Crippen LogP) is 4.57. The molecule has 2 saturated carbocycles. The quantitative estimate of drug-likeness (QED) is 0.660. The Kier molecular flexibility index (Phi) is 5.63. The summed E-state index contributed by atoms with van der Waals surface area (Å²) in [4.78, 5) is 42.8. The highest BCUT2D eigenvalue weighted by molar-refractivity contribution is 6.09. The molecule has 1 saturated heterocycles. The van der Waals surface area contributed by atoms with Crippen LogP contribution in [-0.2, 0) is 15.1 Å². The summed E-state index contributed by atoms with van der Waals surface area (Å²) in [6, 6.07) is 13.7. The van der Waals surface area contributed by atoms with Crippen LogP contribution in [0.5, 0.6) is 0 Å². The third-order valence-electron chi connectivity index (χ3n) is 7.91. The molecule has 0 aromatic heterocycles. The highest BCUT2D eigenvalue weighted by Gasteiger charge is 2.50. The van der Waals surface area contributed by atoms with Gasteiger partial charge < -0.3 is 10.2 Å². The molecule has 3 aliphatic rings. The molecule has 0 spiro atoms. The molecule has 2 aromatic carbocycles. The second-order valence-electron chi connectivity index (χ2n) is 10.1. The Labute approximate surface area is 195 Å². The molecule has 5 rings (SSSR count). The maximum absolute atomic E-state index is 13.4. The molecule has 0 bridgehead atoms. The van der Waals surface area contributed by atoms with Gasteiger partial charge in [0.15, 0.2) is 0 Å². The van der Waals surface area contributed by atoms with E-state index < -0.39 is 11.6 Å². The Bertz CT molecular complexity index is 1090. The topological polar surface area (TPSA) is 69.7 Å². The van der Waals surface area contributed by atoms with Gasteiger partial charge in [-0.15, -0.1) is 0 Å². The average molecular weight is 448 g/mol. The molecule has 3 fully saturated rings. The third-order valence-corrected chi connectivity index (χ3v) is 7.91. The molecule has 1 N–H and O–H groups in total. The molecule has 2 aliphatic carbocycles. The normalized spacial score (nSPS) is 27.6. The van der Waals surface area contributed by atoms with Crippen LogP contribution < -0.4 is 5.32 Å². The Morgan fingerprint density at radius 1 is 1.00 bits per heavy atom. The van der Waals surface area contributed by atoms with E-state index in [2.05, 4.69) is 12.2 Å². The summed E-state index contributed by atoms with van der Waals surface area (Å²) >= 11 is 0. The van der Waals surface area contributed by atoms with E-state index in [1.54, 1.807) is 6.92 Å². The van der Waals surface area contributed by atoms with E-state index in [0.717, 1.165) is 65.7 Å². The van der Waals surface area contributed by atoms with Crippen LogP contribution in [0.3, 0.4) is 0 Å². The first-order chi connectivity index (χ1) is 15.9. The first-order valence-corrected chi connectivity index (χ1v) is 12.3. The fourth-order valence-corrected chi connectivity index (χ4v) is 5.64. The molecule has 33 heavy (non-hydrogen) atoms. The zero-order chi connectivity index (χ0) is 23.2. The number of nitrogens with zero attached hydrogens (tertiary/aromatic N) is 2. The van der Waals surface area contributed by atoms with Gasteiger partial charge in [-0.05, 0) is 73.8 Å². The standard InChI is InChI=1S/C27H33N3O3/c1-3-18-8-12-22(13-9-18)30(23-14-15-23)24(31)17-29-25(32)27(2,28-26(29)33)21-11-10-19-6-4-5-7-20(19)16-21/h4-7,10-11,16,18,22-23H,3,8-9,12-15,17H2,1-2H3,(H,28,33). The minimum Gasteiger partial charge on any atom is -0.335 e. The molecule has 6 nitrogen and oxygen atoms in total. The van der Waals surface area contributed by atoms with Crippen LogP contribution in [0.4, 0.5) is 4.79 Å². The smallest absolute Gasteiger partial charge is 0.325 e. The number of amides is 4. The van der Waals surface area contributed by atoms with Crippen molar-refractivity contribution in [3.8, 4) is 0 Å². The zero-order valence-electron chi connectivity index (χ0n) is 19.5. The van der Waals surface area contributed by atoms with Crippen molar-refractivity contribution in [3.05, 3.63) is 48.0 Å². The van der Waals surface area contributed by atoms with Gasteiger partial charge in [0.2, 0.25) is 5.91 Å². The lowest BCUT2D eigenvalue weighted by Gasteiger charge is -2.37. The molecule has 0 radical (unpaired) electrons. The molecule has 1 unspecified atom stereocenters. The lowest BCUT2D eigenvalue weighted by Crippen LogP contribution is -2.49. The first kappa shape index (κ1) is 21.9. The lowest BCUT2D eigenvalue weighted by atomic mass is 9.84. The van der Waals surface area contributed by atoms with Crippen molar-refractivity contribution in [2.75, 3.05) is 6.54 Å². The van der Waals surface area contributed by atoms with Gasteiger partial charge >= 0.3 is 6.03 Å². The highest BCUT2D eigenvalue weighted by Crippen LogP contribution is 2.37.